The fourth-order valence-corrected chi connectivity index (χ4v) is 7.46. The van der Waals surface area contributed by atoms with Crippen molar-refractivity contribution in [2.45, 2.75) is 50.5 Å². The number of carboxylic acid groups (broad SMARTS) is 1. The Morgan fingerprint density at radius 2 is 1.51 bits per heavy atom. The van der Waals surface area contributed by atoms with Crippen LogP contribution in [0.3, 0.4) is 0 Å². The molecule has 0 saturated heterocycles. The summed E-state index contributed by atoms with van der Waals surface area (Å²) in [5.41, 5.74) is 16.2. The molecule has 1 amide bonds. The minimum Gasteiger partial charge on any atom is -0.480 e. The molecule has 3 aromatic rings. The number of aryl methyl sites for hydroxylation is 3. The Morgan fingerprint density at radius 1 is 0.976 bits per heavy atom. The highest BCUT2D eigenvalue weighted by molar-refractivity contribution is 7.89. The third-order valence-corrected chi connectivity index (χ3v) is 9.22. The zero-order valence-electron chi connectivity index (χ0n) is 23.2. The van der Waals surface area contributed by atoms with Gasteiger partial charge in [-0.25, -0.2) is 18.0 Å². The minimum absolute atomic E-state index is 0.0628. The topological polar surface area (TPSA) is 165 Å². The molecule has 1 atom stereocenters. The number of amides is 1. The van der Waals surface area contributed by atoms with E-state index in [-0.39, 0.29) is 42.8 Å². The van der Waals surface area contributed by atoms with Crippen LogP contribution in [0.5, 0.6) is 0 Å². The number of sulfonamides is 1. The van der Waals surface area contributed by atoms with Crippen LogP contribution in [0.25, 0.3) is 11.1 Å². The summed E-state index contributed by atoms with van der Waals surface area (Å²) in [7, 11) is -4.65. The van der Waals surface area contributed by atoms with Crippen molar-refractivity contribution in [3.05, 3.63) is 88.5 Å². The number of carboxylic acids is 1. The van der Waals surface area contributed by atoms with Crippen molar-refractivity contribution < 1.29 is 27.9 Å². The van der Waals surface area contributed by atoms with E-state index in [1.54, 1.807) is 26.0 Å². The summed E-state index contributed by atoms with van der Waals surface area (Å²) in [5.74, 6) is -2.01. The first-order valence-corrected chi connectivity index (χ1v) is 14.6. The minimum atomic E-state index is -4.65. The monoisotopic (exact) mass is 578 g/mol. The molecule has 0 bridgehead atoms. The van der Waals surface area contributed by atoms with E-state index < -0.39 is 28.1 Å². The van der Waals surface area contributed by atoms with Crippen LogP contribution in [0.4, 0.5) is 4.79 Å². The highest BCUT2D eigenvalue weighted by Gasteiger charge is 2.42. The molecule has 0 aliphatic heterocycles. The highest BCUT2D eigenvalue weighted by Crippen LogP contribution is 2.44. The molecule has 1 aliphatic rings. The van der Waals surface area contributed by atoms with Gasteiger partial charge < -0.3 is 21.3 Å². The van der Waals surface area contributed by atoms with Gasteiger partial charge >= 0.3 is 12.1 Å². The van der Waals surface area contributed by atoms with Gasteiger partial charge in [0, 0.05) is 12.5 Å². The summed E-state index contributed by atoms with van der Waals surface area (Å²) in [6.07, 6.45) is -1.37. The largest absolute Gasteiger partial charge is 0.480 e. The molecule has 216 valence electrons. The Balaban J connectivity index is 1.71. The van der Waals surface area contributed by atoms with Crippen LogP contribution >= 0.6 is 0 Å². The van der Waals surface area contributed by atoms with E-state index in [1.165, 1.54) is 0 Å². The molecule has 4 rings (SSSR count). The van der Waals surface area contributed by atoms with E-state index >= 15 is 0 Å². The van der Waals surface area contributed by atoms with Gasteiger partial charge in [-0.15, -0.1) is 0 Å². The van der Waals surface area contributed by atoms with Crippen molar-refractivity contribution in [1.29, 1.82) is 0 Å². The second kappa shape index (κ2) is 12.0. The molecule has 0 radical (unpaired) electrons. The van der Waals surface area contributed by atoms with E-state index in [2.05, 4.69) is 4.99 Å². The Kier molecular flexibility index (Phi) is 8.67. The van der Waals surface area contributed by atoms with Crippen molar-refractivity contribution >= 4 is 28.0 Å². The van der Waals surface area contributed by atoms with Crippen LogP contribution in [0.15, 0.2) is 70.6 Å². The van der Waals surface area contributed by atoms with Gasteiger partial charge in [0.25, 0.3) is 10.0 Å². The zero-order chi connectivity index (χ0) is 29.9. The number of guanidine groups is 1. The van der Waals surface area contributed by atoms with Gasteiger partial charge in [-0.2, -0.15) is 4.31 Å². The van der Waals surface area contributed by atoms with Gasteiger partial charge in [0.1, 0.15) is 12.6 Å². The van der Waals surface area contributed by atoms with Crippen LogP contribution in [0.1, 0.15) is 46.6 Å². The number of aliphatic imine (C=N–C) groups is 1. The van der Waals surface area contributed by atoms with Crippen LogP contribution < -0.4 is 11.5 Å². The number of ether oxygens (including phenoxy) is 1. The maximum atomic E-state index is 14.1. The molecule has 11 heteroatoms. The number of aliphatic carboxylic acids is 1. The molecular formula is C30H34N4O6S. The summed E-state index contributed by atoms with van der Waals surface area (Å²) in [6.45, 7) is 4.93. The average Bonchev–Trinajstić information content (AvgIpc) is 3.21. The number of nitrogens with two attached hydrogens (primary N) is 2. The lowest BCUT2D eigenvalue weighted by molar-refractivity contribution is -0.141. The number of rotatable bonds is 10. The normalized spacial score (nSPS) is 13.1. The van der Waals surface area contributed by atoms with E-state index in [4.69, 9.17) is 16.2 Å². The third kappa shape index (κ3) is 6.04. The van der Waals surface area contributed by atoms with Gasteiger partial charge in [0.2, 0.25) is 0 Å². The number of carbonyl (C=O) groups excluding carboxylic acids is 1. The third-order valence-electron chi connectivity index (χ3n) is 7.14. The molecule has 0 saturated carbocycles. The molecule has 0 aromatic heterocycles. The predicted octanol–water partition coefficient (Wildman–Crippen LogP) is 4.06. The fourth-order valence-electron chi connectivity index (χ4n) is 5.56. The molecule has 0 unspecified atom stereocenters. The molecule has 10 nitrogen and oxygen atoms in total. The lowest BCUT2D eigenvalue weighted by Gasteiger charge is -2.29. The molecular weight excluding hydrogens is 544 g/mol. The number of nitrogens with zero attached hydrogens (tertiary/aromatic N) is 2. The lowest BCUT2D eigenvalue weighted by atomic mass is 9.98. The Bertz CT molecular complexity index is 1550. The van der Waals surface area contributed by atoms with Crippen LogP contribution in [0, 0.1) is 20.8 Å². The van der Waals surface area contributed by atoms with Crippen LogP contribution in [-0.2, 0) is 19.6 Å². The van der Waals surface area contributed by atoms with E-state index in [0.29, 0.717) is 15.4 Å². The average molecular weight is 579 g/mol. The zero-order valence-corrected chi connectivity index (χ0v) is 24.0. The number of hydrogen-bond acceptors (Lipinski definition) is 6. The van der Waals surface area contributed by atoms with Gasteiger partial charge in [0.05, 0.1) is 4.90 Å². The Morgan fingerprint density at radius 3 is 2.02 bits per heavy atom. The molecule has 41 heavy (non-hydrogen) atoms. The predicted molar refractivity (Wildman–Crippen MR) is 156 cm³/mol. The number of carbonyl (C=O) groups is 2. The SMILES string of the molecule is Cc1cc(C)c(S(=O)(=O)N(C(=O)OCC2c3ccccc3-c3ccccc32)[C@@H](CCCN=C(N)N)C(=O)O)c(C)c1. The van der Waals surface area contributed by atoms with Gasteiger partial charge in [-0.3, -0.25) is 4.99 Å². The highest BCUT2D eigenvalue weighted by atomic mass is 32.2. The molecule has 5 N–H and O–H groups in total. The Labute approximate surface area is 239 Å². The van der Waals surface area contributed by atoms with E-state index in [9.17, 15) is 23.1 Å². The van der Waals surface area contributed by atoms with Crippen molar-refractivity contribution in [1.82, 2.24) is 4.31 Å². The molecule has 1 aliphatic carbocycles. The first-order valence-electron chi connectivity index (χ1n) is 13.2. The van der Waals surface area contributed by atoms with Crippen LogP contribution in [-0.4, -0.2) is 55.0 Å². The van der Waals surface area contributed by atoms with Crippen molar-refractivity contribution in [2.75, 3.05) is 13.2 Å². The first kappa shape index (κ1) is 29.6. The maximum absolute atomic E-state index is 14.1. The summed E-state index contributed by atoms with van der Waals surface area (Å²) in [6, 6.07) is 17.0. The first-order chi connectivity index (χ1) is 19.4. The quantitative estimate of drug-likeness (QED) is 0.184. The second-order valence-corrected chi connectivity index (χ2v) is 11.9. The molecule has 3 aromatic carbocycles. The fraction of sp³-hybridized carbons (Fsp3) is 0.300. The summed E-state index contributed by atoms with van der Waals surface area (Å²) >= 11 is 0. The van der Waals surface area contributed by atoms with Crippen LogP contribution in [0.2, 0.25) is 0 Å². The maximum Gasteiger partial charge on any atom is 0.424 e. The number of fused-ring (bicyclic) bond motifs is 3. The van der Waals surface area contributed by atoms with Crippen molar-refractivity contribution in [2.24, 2.45) is 16.5 Å². The standard InChI is InChI=1S/C30H34N4O6S/c1-18-15-19(2)27(20(3)16-18)41(38,39)34(26(28(35)36)13-8-14-33-29(31)32)30(37)40-17-25-23-11-6-4-9-21(23)22-10-5-7-12-24(22)25/h4-7,9-12,15-16,25-26H,8,13-14,17H2,1-3H3,(H,35,36)(H4,31,32,33)/t26-/m0/s1. The van der Waals surface area contributed by atoms with Gasteiger partial charge in [-0.05, 0) is 67.0 Å². The summed E-state index contributed by atoms with van der Waals surface area (Å²) in [5, 5.41) is 10.1. The second-order valence-electron chi connectivity index (χ2n) is 10.1. The molecule has 0 heterocycles. The van der Waals surface area contributed by atoms with Crippen molar-refractivity contribution in [3.63, 3.8) is 0 Å². The molecule has 0 spiro atoms. The van der Waals surface area contributed by atoms with Gasteiger partial charge in [0.15, 0.2) is 5.96 Å². The summed E-state index contributed by atoms with van der Waals surface area (Å²) < 4.78 is 34.2. The van der Waals surface area contributed by atoms with E-state index in [0.717, 1.165) is 27.8 Å². The van der Waals surface area contributed by atoms with Gasteiger partial charge in [-0.1, -0.05) is 66.2 Å². The number of hydrogen-bond donors (Lipinski definition) is 3. The van der Waals surface area contributed by atoms with E-state index in [1.807, 2.05) is 55.5 Å². The summed E-state index contributed by atoms with van der Waals surface area (Å²) in [4.78, 5) is 29.9. The van der Waals surface area contributed by atoms with Crippen molar-refractivity contribution in [3.8, 4) is 11.1 Å². The lowest BCUT2D eigenvalue weighted by Crippen LogP contribution is -2.49. The number of benzene rings is 3. The molecule has 0 fully saturated rings. The Hall–Kier alpha value is -4.38. The smallest absolute Gasteiger partial charge is 0.424 e.